The molecule has 2 rings (SSSR count). The van der Waals surface area contributed by atoms with Crippen LogP contribution in [-0.2, 0) is 16.0 Å². The van der Waals surface area contributed by atoms with Gasteiger partial charge in [-0.25, -0.2) is 0 Å². The van der Waals surface area contributed by atoms with Crippen molar-refractivity contribution in [1.82, 2.24) is 5.32 Å². The summed E-state index contributed by atoms with van der Waals surface area (Å²) < 4.78 is 0. The van der Waals surface area contributed by atoms with Crippen LogP contribution in [0.4, 0.5) is 0 Å². The number of amides is 1. The number of carboxylic acids is 1. The van der Waals surface area contributed by atoms with Crippen LogP contribution in [0.1, 0.15) is 32.8 Å². The lowest BCUT2D eigenvalue weighted by atomic mass is 9.84. The molecule has 1 aromatic rings. The molecule has 0 saturated carbocycles. The van der Waals surface area contributed by atoms with Crippen molar-refractivity contribution in [1.29, 1.82) is 0 Å². The number of rotatable bonds is 4. The Kier molecular flexibility index (Phi) is 4.61. The third-order valence-corrected chi connectivity index (χ3v) is 5.00. The maximum Gasteiger partial charge on any atom is 0.305 e. The number of carbonyl (C=O) groups excluding carboxylic acids is 1. The maximum absolute atomic E-state index is 12.4. The molecule has 114 valence electrons. The summed E-state index contributed by atoms with van der Waals surface area (Å²) in [5.74, 6) is -0.963. The molecule has 2 unspecified atom stereocenters. The molecule has 1 heterocycles. The standard InChI is InChI=1S/C16H21NO3S/c1-16(2,3)13(9-14(18)19)17-15(20)12-8-10-6-4-5-7-11(10)21-12/h4-7,12-13H,8-9H2,1-3H3,(H,17,20)(H,18,19). The quantitative estimate of drug-likeness (QED) is 0.897. The topological polar surface area (TPSA) is 66.4 Å². The molecule has 1 aromatic carbocycles. The molecule has 0 bridgehead atoms. The fourth-order valence-electron chi connectivity index (χ4n) is 2.34. The van der Waals surface area contributed by atoms with Crippen molar-refractivity contribution in [2.45, 2.75) is 49.8 Å². The minimum absolute atomic E-state index is 0.0560. The predicted octanol–water partition coefficient (Wildman–Crippen LogP) is 2.71. The molecule has 0 spiro atoms. The number of fused-ring (bicyclic) bond motifs is 1. The van der Waals surface area contributed by atoms with E-state index in [0.717, 1.165) is 4.90 Å². The number of nitrogens with one attached hydrogen (secondary N) is 1. The van der Waals surface area contributed by atoms with Crippen molar-refractivity contribution in [3.8, 4) is 0 Å². The normalized spacial score (nSPS) is 18.9. The molecule has 0 fully saturated rings. The van der Waals surface area contributed by atoms with Gasteiger partial charge >= 0.3 is 5.97 Å². The average Bonchev–Trinajstić information content (AvgIpc) is 2.80. The zero-order valence-corrected chi connectivity index (χ0v) is 13.4. The lowest BCUT2D eigenvalue weighted by Crippen LogP contribution is -2.47. The van der Waals surface area contributed by atoms with Gasteiger partial charge in [-0.1, -0.05) is 39.0 Å². The van der Waals surface area contributed by atoms with E-state index < -0.39 is 5.97 Å². The monoisotopic (exact) mass is 307 g/mol. The number of thioether (sulfide) groups is 1. The Morgan fingerprint density at radius 3 is 2.62 bits per heavy atom. The van der Waals surface area contributed by atoms with Crippen molar-refractivity contribution in [3.05, 3.63) is 29.8 Å². The molecule has 1 aliphatic heterocycles. The number of hydrogen-bond donors (Lipinski definition) is 2. The van der Waals surface area contributed by atoms with E-state index in [1.807, 2.05) is 45.0 Å². The van der Waals surface area contributed by atoms with Crippen LogP contribution in [-0.4, -0.2) is 28.3 Å². The number of benzene rings is 1. The number of carboxylic acid groups (broad SMARTS) is 1. The van der Waals surface area contributed by atoms with Gasteiger partial charge in [-0.3, -0.25) is 9.59 Å². The van der Waals surface area contributed by atoms with Crippen molar-refractivity contribution < 1.29 is 14.7 Å². The first-order chi connectivity index (χ1) is 9.77. The van der Waals surface area contributed by atoms with Crippen LogP contribution < -0.4 is 5.32 Å². The van der Waals surface area contributed by atoms with Gasteiger partial charge in [0.05, 0.1) is 11.7 Å². The van der Waals surface area contributed by atoms with Gasteiger partial charge in [-0.2, -0.15) is 0 Å². The zero-order valence-electron chi connectivity index (χ0n) is 12.6. The summed E-state index contributed by atoms with van der Waals surface area (Å²) >= 11 is 1.56. The largest absolute Gasteiger partial charge is 0.481 e. The van der Waals surface area contributed by atoms with E-state index in [4.69, 9.17) is 5.11 Å². The summed E-state index contributed by atoms with van der Waals surface area (Å²) in [4.78, 5) is 24.6. The molecule has 4 nitrogen and oxygen atoms in total. The summed E-state index contributed by atoms with van der Waals surface area (Å²) in [6.07, 6.45) is 0.649. The van der Waals surface area contributed by atoms with E-state index in [1.165, 1.54) is 5.56 Å². The lowest BCUT2D eigenvalue weighted by Gasteiger charge is -2.31. The summed E-state index contributed by atoms with van der Waals surface area (Å²) in [5, 5.41) is 11.8. The van der Waals surface area contributed by atoms with E-state index in [9.17, 15) is 9.59 Å². The van der Waals surface area contributed by atoms with Gasteiger partial charge in [0, 0.05) is 10.9 Å². The second-order valence-electron chi connectivity index (χ2n) is 6.44. The molecule has 1 amide bonds. The first-order valence-corrected chi connectivity index (χ1v) is 7.92. The van der Waals surface area contributed by atoms with Gasteiger partial charge in [0.1, 0.15) is 0 Å². The molecule has 2 atom stereocenters. The first kappa shape index (κ1) is 15.9. The number of hydrogen-bond acceptors (Lipinski definition) is 3. The Morgan fingerprint density at radius 1 is 1.38 bits per heavy atom. The van der Waals surface area contributed by atoms with Crippen LogP contribution in [0.25, 0.3) is 0 Å². The highest BCUT2D eigenvalue weighted by atomic mass is 32.2. The second kappa shape index (κ2) is 6.10. The van der Waals surface area contributed by atoms with E-state index in [1.54, 1.807) is 11.8 Å². The van der Waals surface area contributed by atoms with E-state index in [0.29, 0.717) is 6.42 Å². The molecule has 0 aliphatic carbocycles. The first-order valence-electron chi connectivity index (χ1n) is 7.04. The highest BCUT2D eigenvalue weighted by Gasteiger charge is 2.33. The Balaban J connectivity index is 2.02. The minimum atomic E-state index is -0.891. The SMILES string of the molecule is CC(C)(C)C(CC(=O)O)NC(=O)C1Cc2ccccc2S1. The third-order valence-electron chi connectivity index (χ3n) is 3.68. The van der Waals surface area contributed by atoms with Crippen molar-refractivity contribution in [2.24, 2.45) is 5.41 Å². The van der Waals surface area contributed by atoms with Gasteiger partial charge in [0.15, 0.2) is 0 Å². The van der Waals surface area contributed by atoms with Gasteiger partial charge < -0.3 is 10.4 Å². The van der Waals surface area contributed by atoms with Crippen LogP contribution in [0.2, 0.25) is 0 Å². The van der Waals surface area contributed by atoms with Crippen LogP contribution in [0, 0.1) is 5.41 Å². The Labute approximate surface area is 129 Å². The zero-order chi connectivity index (χ0) is 15.6. The van der Waals surface area contributed by atoms with E-state index in [2.05, 4.69) is 5.32 Å². The van der Waals surface area contributed by atoms with Crippen LogP contribution in [0.3, 0.4) is 0 Å². The fraction of sp³-hybridized carbons (Fsp3) is 0.500. The van der Waals surface area contributed by atoms with Crippen molar-refractivity contribution in [3.63, 3.8) is 0 Å². The molecule has 21 heavy (non-hydrogen) atoms. The van der Waals surface area contributed by atoms with Crippen molar-refractivity contribution in [2.75, 3.05) is 0 Å². The lowest BCUT2D eigenvalue weighted by molar-refractivity contribution is -0.138. The minimum Gasteiger partial charge on any atom is -0.481 e. The van der Waals surface area contributed by atoms with Crippen LogP contribution in [0.5, 0.6) is 0 Å². The Bertz CT molecular complexity index is 526. The maximum atomic E-state index is 12.4. The fourth-order valence-corrected chi connectivity index (χ4v) is 3.55. The van der Waals surface area contributed by atoms with Gasteiger partial charge in [-0.15, -0.1) is 11.8 Å². The highest BCUT2D eigenvalue weighted by Crippen LogP contribution is 2.37. The van der Waals surface area contributed by atoms with E-state index >= 15 is 0 Å². The summed E-state index contributed by atoms with van der Waals surface area (Å²) in [7, 11) is 0. The van der Waals surface area contributed by atoms with Crippen molar-refractivity contribution >= 4 is 23.6 Å². The van der Waals surface area contributed by atoms with E-state index in [-0.39, 0.29) is 29.0 Å². The van der Waals surface area contributed by atoms with Gasteiger partial charge in [-0.05, 0) is 23.5 Å². The Hall–Kier alpha value is -1.49. The summed E-state index contributed by atoms with van der Waals surface area (Å²) in [6, 6.07) is 7.63. The smallest absolute Gasteiger partial charge is 0.305 e. The van der Waals surface area contributed by atoms with Crippen LogP contribution >= 0.6 is 11.8 Å². The predicted molar refractivity (Wildman–Crippen MR) is 83.4 cm³/mol. The summed E-state index contributed by atoms with van der Waals surface area (Å²) in [5.41, 5.74) is 0.901. The molecule has 2 N–H and O–H groups in total. The van der Waals surface area contributed by atoms with Crippen LogP contribution in [0.15, 0.2) is 29.2 Å². The second-order valence-corrected chi connectivity index (χ2v) is 7.69. The number of aliphatic carboxylic acids is 1. The molecule has 0 radical (unpaired) electrons. The highest BCUT2D eigenvalue weighted by molar-refractivity contribution is 8.01. The molecule has 0 saturated heterocycles. The molecular weight excluding hydrogens is 286 g/mol. The number of carbonyl (C=O) groups is 2. The molecule has 5 heteroatoms. The van der Waals surface area contributed by atoms with Gasteiger partial charge in [0.25, 0.3) is 0 Å². The Morgan fingerprint density at radius 2 is 2.05 bits per heavy atom. The average molecular weight is 307 g/mol. The van der Waals surface area contributed by atoms with Gasteiger partial charge in [0.2, 0.25) is 5.91 Å². The molecule has 0 aromatic heterocycles. The molecular formula is C16H21NO3S. The molecule has 1 aliphatic rings. The third kappa shape index (κ3) is 4.00. The summed E-state index contributed by atoms with van der Waals surface area (Å²) in [6.45, 7) is 5.83.